The maximum absolute atomic E-state index is 9.67. The first-order chi connectivity index (χ1) is 12.0. The van der Waals surface area contributed by atoms with Gasteiger partial charge in [-0.25, -0.2) is 0 Å². The molecule has 0 fully saturated rings. The molecule has 2 aliphatic carbocycles. The molecule has 4 heteroatoms. The predicted octanol–water partition coefficient (Wildman–Crippen LogP) is 3.39. The quantitative estimate of drug-likeness (QED) is 0.512. The highest BCUT2D eigenvalue weighted by atomic mass is 16.5. The number of fused-ring (bicyclic) bond motifs is 1. The number of aliphatic hydroxyl groups is 2. The zero-order chi connectivity index (χ0) is 17.6. The minimum Gasteiger partial charge on any atom is -0.504 e. The van der Waals surface area contributed by atoms with Crippen LogP contribution in [-0.4, -0.2) is 26.7 Å². The monoisotopic (exact) mass is 334 g/mol. The third-order valence-corrected chi connectivity index (χ3v) is 4.80. The lowest BCUT2D eigenvalue weighted by Crippen LogP contribution is -2.14. The summed E-state index contributed by atoms with van der Waals surface area (Å²) in [5, 5.41) is 38.0. The van der Waals surface area contributed by atoms with Gasteiger partial charge in [0.05, 0.1) is 5.92 Å². The number of benzene rings is 2. The molecule has 0 aliphatic heterocycles. The van der Waals surface area contributed by atoms with Crippen LogP contribution in [0.1, 0.15) is 34.6 Å². The zero-order valence-corrected chi connectivity index (χ0v) is 13.4. The second-order valence-electron chi connectivity index (χ2n) is 6.38. The molecular weight excluding hydrogens is 316 g/mol. The van der Waals surface area contributed by atoms with E-state index < -0.39 is 6.29 Å². The van der Waals surface area contributed by atoms with Crippen LogP contribution in [0, 0.1) is 0 Å². The number of phenolic OH excluding ortho intramolecular Hbond substituents is 2. The second-order valence-corrected chi connectivity index (χ2v) is 6.38. The fourth-order valence-corrected chi connectivity index (χ4v) is 3.42. The van der Waals surface area contributed by atoms with Crippen molar-refractivity contribution in [3.05, 3.63) is 76.9 Å². The molecule has 0 aromatic heterocycles. The highest BCUT2D eigenvalue weighted by Gasteiger charge is 2.23. The minimum absolute atomic E-state index is 0.127. The summed E-state index contributed by atoms with van der Waals surface area (Å²) in [6, 6.07) is 10.8. The van der Waals surface area contributed by atoms with Gasteiger partial charge >= 0.3 is 0 Å². The average molecular weight is 334 g/mol. The minimum atomic E-state index is -1.38. The molecule has 25 heavy (non-hydrogen) atoms. The van der Waals surface area contributed by atoms with E-state index in [1.807, 2.05) is 24.3 Å². The zero-order valence-electron chi connectivity index (χ0n) is 13.4. The number of aromatic hydroxyl groups is 2. The molecule has 4 nitrogen and oxygen atoms in total. The maximum atomic E-state index is 9.67. The molecule has 4 N–H and O–H groups in total. The van der Waals surface area contributed by atoms with E-state index in [-0.39, 0.29) is 17.4 Å². The van der Waals surface area contributed by atoms with Gasteiger partial charge in [-0.2, -0.15) is 0 Å². The van der Waals surface area contributed by atoms with E-state index in [1.54, 1.807) is 12.1 Å². The third-order valence-electron chi connectivity index (χ3n) is 4.80. The van der Waals surface area contributed by atoms with Gasteiger partial charge in [0.25, 0.3) is 0 Å². The van der Waals surface area contributed by atoms with Crippen molar-refractivity contribution in [1.29, 1.82) is 0 Å². The van der Waals surface area contributed by atoms with Gasteiger partial charge in [-0.3, -0.25) is 0 Å². The summed E-state index contributed by atoms with van der Waals surface area (Å²) >= 11 is 0. The van der Waals surface area contributed by atoms with Crippen LogP contribution in [0.25, 0.3) is 17.2 Å². The number of allylic oxidation sites excluding steroid dienone is 4. The Hall–Kier alpha value is -2.82. The van der Waals surface area contributed by atoms with Crippen LogP contribution < -0.4 is 0 Å². The van der Waals surface area contributed by atoms with Crippen molar-refractivity contribution in [3.63, 3.8) is 0 Å². The standard InChI is InChI=1S/C21H18O4/c22-19-8-5-15(11-20(19)23)13-2-1-12(9-13)14-3-6-17-16(10-14)4-7-18(17)21(24)25/h2-11,18,21-25H,1H2. The number of hydrogen-bond acceptors (Lipinski definition) is 4. The lowest BCUT2D eigenvalue weighted by Gasteiger charge is -2.14. The van der Waals surface area contributed by atoms with Gasteiger partial charge in [-0.1, -0.05) is 42.5 Å². The summed E-state index contributed by atoms with van der Waals surface area (Å²) in [5.74, 6) is -0.621. The SMILES string of the molecule is Oc1ccc(C2=CCC(c3ccc4c(c3)C=CC4C(O)O)=C2)cc1O. The molecule has 1 atom stereocenters. The van der Waals surface area contributed by atoms with Crippen LogP contribution in [0.4, 0.5) is 0 Å². The van der Waals surface area contributed by atoms with Gasteiger partial charge in [-0.15, -0.1) is 0 Å². The lowest BCUT2D eigenvalue weighted by atomic mass is 9.95. The Morgan fingerprint density at radius 2 is 1.72 bits per heavy atom. The summed E-state index contributed by atoms with van der Waals surface area (Å²) in [6.07, 6.45) is 7.29. The van der Waals surface area contributed by atoms with E-state index in [2.05, 4.69) is 18.2 Å². The molecule has 2 aliphatic rings. The lowest BCUT2D eigenvalue weighted by molar-refractivity contribution is -0.0490. The first-order valence-corrected chi connectivity index (χ1v) is 8.14. The van der Waals surface area contributed by atoms with E-state index >= 15 is 0 Å². The average Bonchev–Trinajstić information content (AvgIpc) is 3.23. The Balaban J connectivity index is 1.62. The van der Waals surface area contributed by atoms with Crippen molar-refractivity contribution in [3.8, 4) is 11.5 Å². The molecule has 2 aromatic rings. The largest absolute Gasteiger partial charge is 0.504 e. The van der Waals surface area contributed by atoms with Crippen molar-refractivity contribution in [1.82, 2.24) is 0 Å². The molecule has 0 bridgehead atoms. The van der Waals surface area contributed by atoms with Crippen molar-refractivity contribution in [2.24, 2.45) is 0 Å². The summed E-state index contributed by atoms with van der Waals surface area (Å²) < 4.78 is 0. The fourth-order valence-electron chi connectivity index (χ4n) is 3.42. The molecule has 4 rings (SSSR count). The van der Waals surface area contributed by atoms with E-state index in [4.69, 9.17) is 0 Å². The molecule has 1 unspecified atom stereocenters. The van der Waals surface area contributed by atoms with E-state index in [0.29, 0.717) is 0 Å². The number of phenols is 2. The van der Waals surface area contributed by atoms with E-state index in [1.165, 1.54) is 6.07 Å². The normalized spacial score (nSPS) is 18.4. The molecule has 0 spiro atoms. The number of hydrogen-bond donors (Lipinski definition) is 4. The summed E-state index contributed by atoms with van der Waals surface area (Å²) in [5.41, 5.74) is 6.04. The Labute approximate surface area is 145 Å². The number of aliphatic hydroxyl groups excluding tert-OH is 1. The van der Waals surface area contributed by atoms with Gasteiger partial charge in [-0.05, 0) is 58.0 Å². The summed E-state index contributed by atoms with van der Waals surface area (Å²) in [4.78, 5) is 0. The van der Waals surface area contributed by atoms with Crippen LogP contribution in [-0.2, 0) is 0 Å². The molecule has 2 aromatic carbocycles. The topological polar surface area (TPSA) is 80.9 Å². The molecule has 0 radical (unpaired) electrons. The summed E-state index contributed by atoms with van der Waals surface area (Å²) in [6.45, 7) is 0. The highest BCUT2D eigenvalue weighted by Crippen LogP contribution is 2.38. The Morgan fingerprint density at radius 3 is 2.48 bits per heavy atom. The first kappa shape index (κ1) is 15.7. The third kappa shape index (κ3) is 2.76. The van der Waals surface area contributed by atoms with Crippen molar-refractivity contribution >= 4 is 17.2 Å². The van der Waals surface area contributed by atoms with Crippen LogP contribution >= 0.6 is 0 Å². The van der Waals surface area contributed by atoms with Gasteiger partial charge < -0.3 is 20.4 Å². The Bertz CT molecular complexity index is 935. The van der Waals surface area contributed by atoms with Crippen LogP contribution in [0.5, 0.6) is 11.5 Å². The van der Waals surface area contributed by atoms with Gasteiger partial charge in [0, 0.05) is 0 Å². The van der Waals surface area contributed by atoms with Crippen LogP contribution in [0.2, 0.25) is 0 Å². The van der Waals surface area contributed by atoms with Crippen LogP contribution in [0.15, 0.2) is 54.6 Å². The fraction of sp³-hybridized carbons (Fsp3) is 0.143. The van der Waals surface area contributed by atoms with E-state index in [0.717, 1.165) is 39.8 Å². The van der Waals surface area contributed by atoms with Gasteiger partial charge in [0.1, 0.15) is 0 Å². The van der Waals surface area contributed by atoms with Gasteiger partial charge in [0.15, 0.2) is 17.8 Å². The molecule has 0 heterocycles. The smallest absolute Gasteiger partial charge is 0.161 e. The van der Waals surface area contributed by atoms with Crippen molar-refractivity contribution in [2.45, 2.75) is 18.6 Å². The molecule has 0 saturated carbocycles. The van der Waals surface area contributed by atoms with E-state index in [9.17, 15) is 20.4 Å². The maximum Gasteiger partial charge on any atom is 0.161 e. The number of rotatable bonds is 3. The molecule has 0 saturated heterocycles. The van der Waals surface area contributed by atoms with Crippen LogP contribution in [0.3, 0.4) is 0 Å². The molecule has 0 amide bonds. The Morgan fingerprint density at radius 1 is 0.920 bits per heavy atom. The second kappa shape index (κ2) is 5.92. The van der Waals surface area contributed by atoms with Crippen molar-refractivity contribution in [2.75, 3.05) is 0 Å². The molecular formula is C21H18O4. The highest BCUT2D eigenvalue weighted by molar-refractivity contribution is 5.90. The summed E-state index contributed by atoms with van der Waals surface area (Å²) in [7, 11) is 0. The van der Waals surface area contributed by atoms with Gasteiger partial charge in [0.2, 0.25) is 0 Å². The predicted molar refractivity (Wildman–Crippen MR) is 96.8 cm³/mol. The van der Waals surface area contributed by atoms with Crippen molar-refractivity contribution < 1.29 is 20.4 Å². The first-order valence-electron chi connectivity index (χ1n) is 8.14. The Kier molecular flexibility index (Phi) is 3.71. The molecule has 126 valence electrons.